The van der Waals surface area contributed by atoms with Gasteiger partial charge in [0.25, 0.3) is 0 Å². The third-order valence-electron chi connectivity index (χ3n) is 6.17. The molecule has 0 aliphatic carbocycles. The highest BCUT2D eigenvalue weighted by Crippen LogP contribution is 2.39. The van der Waals surface area contributed by atoms with Crippen LogP contribution in [0.25, 0.3) is 0 Å². The average Bonchev–Trinajstić information content (AvgIpc) is 3.34. The highest BCUT2D eigenvalue weighted by Gasteiger charge is 2.39. The Kier molecular flexibility index (Phi) is 7.30. The SMILES string of the molecule is COc1ccccc1COC(=O)C1=C(C)N(C[C@H]2CCCO2)C(=O)C[C@H]1c1cccnc1Cl. The molecule has 174 valence electrons. The summed E-state index contributed by atoms with van der Waals surface area (Å²) < 4.78 is 16.8. The van der Waals surface area contributed by atoms with Gasteiger partial charge in [0.1, 0.15) is 17.5 Å². The number of ether oxygens (including phenoxy) is 3. The average molecular weight is 471 g/mol. The molecule has 2 atom stereocenters. The Bertz CT molecular complexity index is 1060. The lowest BCUT2D eigenvalue weighted by molar-refractivity contribution is -0.141. The van der Waals surface area contributed by atoms with Crippen molar-refractivity contribution in [3.8, 4) is 5.75 Å². The van der Waals surface area contributed by atoms with Crippen LogP contribution in [0.15, 0.2) is 53.9 Å². The monoisotopic (exact) mass is 470 g/mol. The number of benzene rings is 1. The summed E-state index contributed by atoms with van der Waals surface area (Å²) in [5.41, 5.74) is 2.37. The molecule has 0 radical (unpaired) electrons. The first-order chi connectivity index (χ1) is 16.0. The zero-order valence-corrected chi connectivity index (χ0v) is 19.5. The molecule has 0 unspecified atom stereocenters. The standard InChI is InChI=1S/C25H27ClN2O5/c1-16-23(25(30)33-15-17-7-3-4-10-21(17)31-2)20(19-9-5-11-27-24(19)26)13-22(29)28(16)14-18-8-6-12-32-18/h3-5,7,9-11,18,20H,6,8,12-15H2,1-2H3/t18-,20+/m1/s1. The lowest BCUT2D eigenvalue weighted by Crippen LogP contribution is -2.42. The summed E-state index contributed by atoms with van der Waals surface area (Å²) in [7, 11) is 1.57. The zero-order chi connectivity index (χ0) is 23.4. The molecule has 0 saturated carbocycles. The first kappa shape index (κ1) is 23.3. The molecule has 2 aliphatic rings. The maximum atomic E-state index is 13.4. The number of amides is 1. The molecule has 8 heteroatoms. The molecule has 0 bridgehead atoms. The van der Waals surface area contributed by atoms with Crippen LogP contribution in [0.2, 0.25) is 5.15 Å². The lowest BCUT2D eigenvalue weighted by Gasteiger charge is -2.35. The van der Waals surface area contributed by atoms with Crippen molar-refractivity contribution in [3.05, 3.63) is 70.1 Å². The summed E-state index contributed by atoms with van der Waals surface area (Å²) in [5, 5.41) is 0.269. The van der Waals surface area contributed by atoms with Crippen LogP contribution in [0.4, 0.5) is 0 Å². The van der Waals surface area contributed by atoms with Gasteiger partial charge >= 0.3 is 5.97 Å². The maximum Gasteiger partial charge on any atom is 0.336 e. The maximum absolute atomic E-state index is 13.4. The number of allylic oxidation sites excluding steroid dienone is 1. The second-order valence-corrected chi connectivity index (χ2v) is 8.52. The predicted octanol–water partition coefficient (Wildman–Crippen LogP) is 4.26. The molecule has 1 aromatic carbocycles. The van der Waals surface area contributed by atoms with Gasteiger partial charge in [0, 0.05) is 36.4 Å². The minimum absolute atomic E-state index is 0.0340. The van der Waals surface area contributed by atoms with Crippen LogP contribution in [0.3, 0.4) is 0 Å². The molecule has 3 heterocycles. The van der Waals surface area contributed by atoms with E-state index in [0.29, 0.717) is 35.7 Å². The summed E-state index contributed by atoms with van der Waals surface area (Å²) in [6.07, 6.45) is 3.51. The van der Waals surface area contributed by atoms with Gasteiger partial charge in [-0.2, -0.15) is 0 Å². The zero-order valence-electron chi connectivity index (χ0n) is 18.8. The van der Waals surface area contributed by atoms with Crippen LogP contribution in [-0.2, 0) is 25.7 Å². The highest BCUT2D eigenvalue weighted by molar-refractivity contribution is 6.30. The van der Waals surface area contributed by atoms with Crippen LogP contribution < -0.4 is 4.74 Å². The normalized spacial score (nSPS) is 20.8. The number of hydrogen-bond donors (Lipinski definition) is 0. The topological polar surface area (TPSA) is 78.0 Å². The van der Waals surface area contributed by atoms with Gasteiger partial charge in [-0.05, 0) is 37.5 Å². The van der Waals surface area contributed by atoms with Gasteiger partial charge in [-0.25, -0.2) is 9.78 Å². The molecule has 2 aromatic rings. The molecule has 1 fully saturated rings. The molecular weight excluding hydrogens is 444 g/mol. The Labute approximate surface area is 198 Å². The van der Waals surface area contributed by atoms with Gasteiger partial charge in [-0.3, -0.25) is 4.79 Å². The largest absolute Gasteiger partial charge is 0.496 e. The minimum atomic E-state index is -0.537. The van der Waals surface area contributed by atoms with E-state index in [0.717, 1.165) is 18.4 Å². The van der Waals surface area contributed by atoms with E-state index in [4.69, 9.17) is 25.8 Å². The van der Waals surface area contributed by atoms with Gasteiger partial charge in [0.2, 0.25) is 5.91 Å². The van der Waals surface area contributed by atoms with E-state index in [1.807, 2.05) is 24.3 Å². The fourth-order valence-corrected chi connectivity index (χ4v) is 4.71. The van der Waals surface area contributed by atoms with E-state index < -0.39 is 11.9 Å². The molecule has 0 spiro atoms. The van der Waals surface area contributed by atoms with E-state index in [2.05, 4.69) is 4.98 Å². The number of pyridine rings is 1. The molecular formula is C25H27ClN2O5. The summed E-state index contributed by atoms with van der Waals surface area (Å²) in [6, 6.07) is 10.9. The second-order valence-electron chi connectivity index (χ2n) is 8.17. The summed E-state index contributed by atoms with van der Waals surface area (Å²) in [4.78, 5) is 32.3. The van der Waals surface area contributed by atoms with Crippen molar-refractivity contribution in [1.29, 1.82) is 0 Å². The molecule has 4 rings (SSSR count). The van der Waals surface area contributed by atoms with E-state index in [1.165, 1.54) is 0 Å². The van der Waals surface area contributed by atoms with E-state index in [9.17, 15) is 9.59 Å². The molecule has 1 saturated heterocycles. The van der Waals surface area contributed by atoms with Gasteiger partial charge in [-0.1, -0.05) is 35.9 Å². The van der Waals surface area contributed by atoms with Crippen molar-refractivity contribution < 1.29 is 23.8 Å². The van der Waals surface area contributed by atoms with Crippen molar-refractivity contribution >= 4 is 23.5 Å². The number of esters is 1. The van der Waals surface area contributed by atoms with Crippen LogP contribution in [0.1, 0.15) is 43.2 Å². The molecule has 1 aromatic heterocycles. The van der Waals surface area contributed by atoms with Crippen molar-refractivity contribution in [2.75, 3.05) is 20.3 Å². The van der Waals surface area contributed by atoms with Crippen molar-refractivity contribution in [3.63, 3.8) is 0 Å². The Morgan fingerprint density at radius 3 is 2.82 bits per heavy atom. The molecule has 0 N–H and O–H groups in total. The van der Waals surface area contributed by atoms with Gasteiger partial charge in [0.15, 0.2) is 0 Å². The lowest BCUT2D eigenvalue weighted by atomic mass is 9.84. The third kappa shape index (κ3) is 5.04. The second kappa shape index (κ2) is 10.4. The number of nitrogens with zero attached hydrogens (tertiary/aromatic N) is 2. The van der Waals surface area contributed by atoms with E-state index >= 15 is 0 Å². The van der Waals surface area contributed by atoms with Crippen molar-refractivity contribution in [2.24, 2.45) is 0 Å². The van der Waals surface area contributed by atoms with E-state index in [1.54, 1.807) is 37.3 Å². The number of halogens is 1. The summed E-state index contributed by atoms with van der Waals surface area (Å²) >= 11 is 6.36. The Balaban J connectivity index is 1.66. The number of aromatic nitrogens is 1. The molecule has 1 amide bonds. The third-order valence-corrected chi connectivity index (χ3v) is 6.48. The van der Waals surface area contributed by atoms with Gasteiger partial charge in [0.05, 0.1) is 25.3 Å². The van der Waals surface area contributed by atoms with Gasteiger partial charge in [-0.15, -0.1) is 0 Å². The number of hydrogen-bond acceptors (Lipinski definition) is 6. The first-order valence-corrected chi connectivity index (χ1v) is 11.4. The smallest absolute Gasteiger partial charge is 0.336 e. The number of para-hydroxylation sites is 1. The fraction of sp³-hybridized carbons (Fsp3) is 0.400. The fourth-order valence-electron chi connectivity index (χ4n) is 4.46. The van der Waals surface area contributed by atoms with Crippen LogP contribution in [0.5, 0.6) is 5.75 Å². The number of carbonyl (C=O) groups excluding carboxylic acids is 2. The van der Waals surface area contributed by atoms with Crippen LogP contribution >= 0.6 is 11.6 Å². The minimum Gasteiger partial charge on any atom is -0.496 e. The van der Waals surface area contributed by atoms with Crippen molar-refractivity contribution in [2.45, 2.75) is 44.8 Å². The Morgan fingerprint density at radius 2 is 2.09 bits per heavy atom. The number of methoxy groups -OCH3 is 1. The quantitative estimate of drug-likeness (QED) is 0.444. The predicted molar refractivity (Wildman–Crippen MR) is 123 cm³/mol. The Hall–Kier alpha value is -2.90. The number of rotatable bonds is 7. The van der Waals surface area contributed by atoms with Crippen LogP contribution in [-0.4, -0.2) is 48.1 Å². The Morgan fingerprint density at radius 1 is 1.27 bits per heavy atom. The van der Waals surface area contributed by atoms with Crippen molar-refractivity contribution in [1.82, 2.24) is 9.88 Å². The molecule has 33 heavy (non-hydrogen) atoms. The van der Waals surface area contributed by atoms with E-state index in [-0.39, 0.29) is 30.2 Å². The highest BCUT2D eigenvalue weighted by atomic mass is 35.5. The van der Waals surface area contributed by atoms with Gasteiger partial charge < -0.3 is 19.1 Å². The molecule has 2 aliphatic heterocycles. The summed E-state index contributed by atoms with van der Waals surface area (Å²) in [6.45, 7) is 2.94. The number of carbonyl (C=O) groups is 2. The first-order valence-electron chi connectivity index (χ1n) is 11.0. The molecule has 7 nitrogen and oxygen atoms in total. The summed E-state index contributed by atoms with van der Waals surface area (Å²) in [5.74, 6) is -0.464. The van der Waals surface area contributed by atoms with Crippen LogP contribution in [0, 0.1) is 0 Å².